The van der Waals surface area contributed by atoms with Crippen LogP contribution in [0.4, 0.5) is 0 Å². The summed E-state index contributed by atoms with van der Waals surface area (Å²) >= 11 is 1.45. The Morgan fingerprint density at radius 2 is 1.92 bits per heavy atom. The quantitative estimate of drug-likeness (QED) is 0.465. The van der Waals surface area contributed by atoms with Crippen molar-refractivity contribution in [3.05, 3.63) is 88.1 Å². The van der Waals surface area contributed by atoms with Gasteiger partial charge in [0.1, 0.15) is 12.4 Å². The molecule has 0 saturated heterocycles. The summed E-state index contributed by atoms with van der Waals surface area (Å²) in [4.78, 5) is 32.4. The lowest BCUT2D eigenvalue weighted by Gasteiger charge is -2.36. The Bertz CT molecular complexity index is 1220. The minimum absolute atomic E-state index is 0.0816. The van der Waals surface area contributed by atoms with Crippen LogP contribution in [-0.4, -0.2) is 34.6 Å². The number of hydrogen-bond donors (Lipinski definition) is 1. The van der Waals surface area contributed by atoms with Gasteiger partial charge in [-0.3, -0.25) is 4.79 Å². The molecule has 2 heterocycles. The summed E-state index contributed by atoms with van der Waals surface area (Å²) in [5, 5.41) is 5.52. The molecule has 8 heteroatoms. The number of benzene rings is 2. The molecule has 0 spiro atoms. The summed E-state index contributed by atoms with van der Waals surface area (Å²) in [5.41, 5.74) is 3.76. The first-order valence-corrected chi connectivity index (χ1v) is 12.9. The van der Waals surface area contributed by atoms with E-state index in [0.29, 0.717) is 30.2 Å². The summed E-state index contributed by atoms with van der Waals surface area (Å²) in [6, 6.07) is 17.2. The minimum atomic E-state index is -0.500. The van der Waals surface area contributed by atoms with E-state index in [9.17, 15) is 9.59 Å². The Labute approximate surface area is 216 Å². The van der Waals surface area contributed by atoms with Crippen molar-refractivity contribution in [3.8, 4) is 5.75 Å². The predicted molar refractivity (Wildman–Crippen MR) is 142 cm³/mol. The van der Waals surface area contributed by atoms with Gasteiger partial charge >= 0.3 is 5.97 Å². The van der Waals surface area contributed by atoms with Crippen LogP contribution in [0, 0.1) is 0 Å². The van der Waals surface area contributed by atoms with Crippen LogP contribution in [0.25, 0.3) is 0 Å². The van der Waals surface area contributed by atoms with E-state index in [1.807, 2.05) is 92.6 Å². The molecule has 7 nitrogen and oxygen atoms in total. The minimum Gasteiger partial charge on any atom is -0.489 e. The number of fused-ring (bicyclic) bond motifs is 1. The number of allylic oxidation sites excluding steroid dienone is 1. The van der Waals surface area contributed by atoms with Crippen LogP contribution in [0.2, 0.25) is 0 Å². The van der Waals surface area contributed by atoms with Gasteiger partial charge in [-0.1, -0.05) is 54.2 Å². The highest BCUT2D eigenvalue weighted by atomic mass is 32.2. The number of hydrogen-bond acceptors (Lipinski definition) is 7. The van der Waals surface area contributed by atoms with E-state index < -0.39 is 12.0 Å². The fourth-order valence-electron chi connectivity index (χ4n) is 4.16. The molecule has 0 unspecified atom stereocenters. The van der Waals surface area contributed by atoms with Crippen molar-refractivity contribution in [2.45, 2.75) is 52.9 Å². The number of nitrogens with one attached hydrogen (secondary N) is 1. The van der Waals surface area contributed by atoms with Crippen LogP contribution in [0.3, 0.4) is 0 Å². The molecule has 2 aromatic rings. The fraction of sp³-hybridized carbons (Fsp3) is 0.321. The zero-order valence-corrected chi connectivity index (χ0v) is 21.8. The van der Waals surface area contributed by atoms with Gasteiger partial charge < -0.3 is 19.7 Å². The molecule has 0 fully saturated rings. The van der Waals surface area contributed by atoms with E-state index in [-0.39, 0.29) is 18.4 Å². The van der Waals surface area contributed by atoms with E-state index in [1.165, 1.54) is 11.8 Å². The summed E-state index contributed by atoms with van der Waals surface area (Å²) < 4.78 is 11.7. The van der Waals surface area contributed by atoms with Crippen LogP contribution in [0.5, 0.6) is 5.75 Å². The molecule has 2 aliphatic heterocycles. The van der Waals surface area contributed by atoms with Crippen LogP contribution < -0.4 is 10.1 Å². The molecule has 4 rings (SSSR count). The van der Waals surface area contributed by atoms with Gasteiger partial charge in [-0.2, -0.15) is 0 Å². The van der Waals surface area contributed by atoms with Gasteiger partial charge in [0.15, 0.2) is 5.17 Å². The number of amides is 1. The molecule has 2 aromatic carbocycles. The molecule has 1 N–H and O–H groups in total. The maximum atomic E-state index is 13.3. The van der Waals surface area contributed by atoms with Crippen LogP contribution in [0.15, 0.2) is 82.0 Å². The Morgan fingerprint density at radius 3 is 2.64 bits per heavy atom. The lowest BCUT2D eigenvalue weighted by molar-refractivity contribution is -0.143. The van der Waals surface area contributed by atoms with Gasteiger partial charge in [0.05, 0.1) is 29.8 Å². The average Bonchev–Trinajstić information content (AvgIpc) is 3.24. The third-order valence-corrected chi connectivity index (χ3v) is 6.59. The molecule has 0 radical (unpaired) electrons. The first-order valence-electron chi connectivity index (χ1n) is 12.1. The Morgan fingerprint density at radius 1 is 1.14 bits per heavy atom. The number of carbonyl (C=O) groups excluding carboxylic acids is 2. The molecular weight excluding hydrogens is 474 g/mol. The zero-order chi connectivity index (χ0) is 25.7. The van der Waals surface area contributed by atoms with Gasteiger partial charge in [0.2, 0.25) is 5.91 Å². The highest BCUT2D eigenvalue weighted by Gasteiger charge is 2.41. The standard InChI is InChI=1S/C28H31N3O4S/c1-5-29-24(32)15-22-17-36-28-30-19(4)25(27(33)35-18(2)3)26(31(22)28)21-12-9-13-23(14-21)34-16-20-10-7-6-8-11-20/h6-14,17-18,26H,5,15-16H2,1-4H3,(H,29,32)/t26-/m1/s1. The molecular formula is C28H31N3O4S. The van der Waals surface area contributed by atoms with Gasteiger partial charge in [-0.05, 0) is 56.4 Å². The first-order chi connectivity index (χ1) is 17.4. The Balaban J connectivity index is 1.70. The van der Waals surface area contributed by atoms with E-state index in [4.69, 9.17) is 14.5 Å². The number of ether oxygens (including phenoxy) is 2. The maximum Gasteiger partial charge on any atom is 0.338 e. The second-order valence-electron chi connectivity index (χ2n) is 8.82. The molecule has 188 valence electrons. The molecule has 1 atom stereocenters. The molecule has 0 aliphatic carbocycles. The average molecular weight is 506 g/mol. The van der Waals surface area contributed by atoms with Crippen molar-refractivity contribution in [3.63, 3.8) is 0 Å². The van der Waals surface area contributed by atoms with Crippen molar-refractivity contribution < 1.29 is 19.1 Å². The van der Waals surface area contributed by atoms with E-state index >= 15 is 0 Å². The van der Waals surface area contributed by atoms with E-state index in [0.717, 1.165) is 22.0 Å². The summed E-state index contributed by atoms with van der Waals surface area (Å²) in [6.45, 7) is 8.34. The van der Waals surface area contributed by atoms with Crippen molar-refractivity contribution in [1.82, 2.24) is 10.2 Å². The highest BCUT2D eigenvalue weighted by Crippen LogP contribution is 2.45. The lowest BCUT2D eigenvalue weighted by atomic mass is 9.93. The van der Waals surface area contributed by atoms with Crippen molar-refractivity contribution in [2.24, 2.45) is 4.99 Å². The zero-order valence-electron chi connectivity index (χ0n) is 21.0. The van der Waals surface area contributed by atoms with Gasteiger partial charge in [0, 0.05) is 12.2 Å². The molecule has 1 amide bonds. The summed E-state index contributed by atoms with van der Waals surface area (Å²) in [6.07, 6.45) is -0.0887. The number of aliphatic imine (C=N–C) groups is 1. The van der Waals surface area contributed by atoms with Gasteiger partial charge in [-0.15, -0.1) is 0 Å². The topological polar surface area (TPSA) is 80.2 Å². The number of esters is 1. The largest absolute Gasteiger partial charge is 0.489 e. The monoisotopic (exact) mass is 505 g/mol. The van der Waals surface area contributed by atoms with Crippen LogP contribution >= 0.6 is 11.8 Å². The third-order valence-electron chi connectivity index (χ3n) is 5.70. The van der Waals surface area contributed by atoms with Crippen LogP contribution in [0.1, 0.15) is 51.3 Å². The van der Waals surface area contributed by atoms with Crippen LogP contribution in [-0.2, 0) is 20.9 Å². The highest BCUT2D eigenvalue weighted by molar-refractivity contribution is 8.16. The van der Waals surface area contributed by atoms with Crippen molar-refractivity contribution >= 4 is 28.8 Å². The lowest BCUT2D eigenvalue weighted by Crippen LogP contribution is -2.38. The summed E-state index contributed by atoms with van der Waals surface area (Å²) in [5.74, 6) is 0.192. The number of nitrogens with zero attached hydrogens (tertiary/aromatic N) is 2. The number of rotatable bonds is 9. The molecule has 0 aromatic heterocycles. The smallest absolute Gasteiger partial charge is 0.338 e. The Hall–Kier alpha value is -3.52. The van der Waals surface area contributed by atoms with Crippen molar-refractivity contribution in [2.75, 3.05) is 6.54 Å². The molecule has 2 aliphatic rings. The number of thioether (sulfide) groups is 1. The van der Waals surface area contributed by atoms with E-state index in [2.05, 4.69) is 5.32 Å². The number of carbonyl (C=O) groups is 2. The third kappa shape index (κ3) is 5.82. The second kappa shape index (κ2) is 11.5. The second-order valence-corrected chi connectivity index (χ2v) is 9.66. The predicted octanol–water partition coefficient (Wildman–Crippen LogP) is 5.32. The molecule has 0 bridgehead atoms. The van der Waals surface area contributed by atoms with E-state index in [1.54, 1.807) is 0 Å². The van der Waals surface area contributed by atoms with Crippen molar-refractivity contribution in [1.29, 1.82) is 0 Å². The van der Waals surface area contributed by atoms with Gasteiger partial charge in [0.25, 0.3) is 0 Å². The SMILES string of the molecule is CCNC(=O)CC1=CSC2=NC(C)=C(C(=O)OC(C)C)[C@@H](c3cccc(OCc4ccccc4)c3)N12. The Kier molecular flexibility index (Phi) is 8.15. The normalized spacial score (nSPS) is 16.9. The summed E-state index contributed by atoms with van der Waals surface area (Å²) in [7, 11) is 0. The number of amidine groups is 1. The van der Waals surface area contributed by atoms with Gasteiger partial charge in [-0.25, -0.2) is 9.79 Å². The maximum absolute atomic E-state index is 13.3. The molecule has 0 saturated carbocycles. The first kappa shape index (κ1) is 25.6. The molecule has 36 heavy (non-hydrogen) atoms. The fourth-order valence-corrected chi connectivity index (χ4v) is 5.13.